The van der Waals surface area contributed by atoms with Crippen LogP contribution in [-0.4, -0.2) is 35.6 Å². The first kappa shape index (κ1) is 14.5. The minimum atomic E-state index is 0.111. The fraction of sp³-hybridized carbons (Fsp3) is 0.812. The van der Waals surface area contributed by atoms with Crippen LogP contribution in [0.1, 0.15) is 57.7 Å². The number of hydrogen-bond acceptors (Lipinski definition) is 4. The molecule has 20 heavy (non-hydrogen) atoms. The van der Waals surface area contributed by atoms with Crippen molar-refractivity contribution in [3.05, 3.63) is 16.1 Å². The van der Waals surface area contributed by atoms with Crippen LogP contribution in [0.3, 0.4) is 0 Å². The Hall–Kier alpha value is -0.450. The van der Waals surface area contributed by atoms with Crippen LogP contribution < -0.4 is 5.32 Å². The van der Waals surface area contributed by atoms with E-state index >= 15 is 0 Å². The summed E-state index contributed by atoms with van der Waals surface area (Å²) in [7, 11) is 0. The van der Waals surface area contributed by atoms with E-state index in [9.17, 15) is 0 Å². The van der Waals surface area contributed by atoms with Gasteiger partial charge < -0.3 is 5.32 Å². The van der Waals surface area contributed by atoms with Crippen LogP contribution in [0.5, 0.6) is 0 Å². The fourth-order valence-corrected chi connectivity index (χ4v) is 5.11. The lowest BCUT2D eigenvalue weighted by atomic mass is 9.88. The lowest BCUT2D eigenvalue weighted by Gasteiger charge is -2.34. The predicted molar refractivity (Wildman–Crippen MR) is 85.4 cm³/mol. The van der Waals surface area contributed by atoms with Gasteiger partial charge in [-0.2, -0.15) is 0 Å². The van der Waals surface area contributed by atoms with Gasteiger partial charge in [0.05, 0.1) is 11.2 Å². The molecule has 1 N–H and O–H groups in total. The normalized spacial score (nSPS) is 30.9. The van der Waals surface area contributed by atoms with Gasteiger partial charge in [0, 0.05) is 23.4 Å². The molecule has 112 valence electrons. The Labute approximate surface area is 126 Å². The molecule has 2 aliphatic rings. The quantitative estimate of drug-likeness (QED) is 0.928. The van der Waals surface area contributed by atoms with Gasteiger partial charge in [-0.15, -0.1) is 11.3 Å². The molecular formula is C16H27N3S. The fourth-order valence-electron chi connectivity index (χ4n) is 3.81. The highest BCUT2D eigenvalue weighted by atomic mass is 32.1. The second kappa shape index (κ2) is 5.08. The van der Waals surface area contributed by atoms with Crippen molar-refractivity contribution in [2.45, 2.75) is 64.0 Å². The highest BCUT2D eigenvalue weighted by Crippen LogP contribution is 2.44. The molecule has 2 aliphatic heterocycles. The van der Waals surface area contributed by atoms with Crippen LogP contribution in [-0.2, 0) is 11.0 Å². The number of rotatable bonds is 3. The molecule has 0 bridgehead atoms. The van der Waals surface area contributed by atoms with E-state index in [4.69, 9.17) is 4.98 Å². The topological polar surface area (TPSA) is 28.2 Å². The molecule has 0 aliphatic carbocycles. The average molecular weight is 293 g/mol. The molecule has 1 aromatic rings. The van der Waals surface area contributed by atoms with Crippen molar-refractivity contribution in [3.8, 4) is 0 Å². The molecule has 3 heterocycles. The molecular weight excluding hydrogens is 266 g/mol. The third-order valence-corrected chi connectivity index (χ3v) is 5.89. The van der Waals surface area contributed by atoms with Crippen molar-refractivity contribution in [1.29, 1.82) is 0 Å². The van der Waals surface area contributed by atoms with Crippen LogP contribution in [0, 0.1) is 0 Å². The third kappa shape index (κ3) is 2.22. The maximum atomic E-state index is 5.04. The van der Waals surface area contributed by atoms with E-state index in [0.717, 1.165) is 6.54 Å². The number of aromatic nitrogens is 1. The van der Waals surface area contributed by atoms with Crippen LogP contribution in [0.2, 0.25) is 0 Å². The second-order valence-corrected chi connectivity index (χ2v) is 8.09. The van der Waals surface area contributed by atoms with Gasteiger partial charge in [-0.25, -0.2) is 4.98 Å². The summed E-state index contributed by atoms with van der Waals surface area (Å²) in [5.41, 5.74) is 1.50. The molecule has 0 aromatic carbocycles. The summed E-state index contributed by atoms with van der Waals surface area (Å²) >= 11 is 1.86. The van der Waals surface area contributed by atoms with Gasteiger partial charge in [0.15, 0.2) is 0 Å². The first-order valence-electron chi connectivity index (χ1n) is 7.93. The van der Waals surface area contributed by atoms with Crippen molar-refractivity contribution in [1.82, 2.24) is 15.2 Å². The van der Waals surface area contributed by atoms with Gasteiger partial charge in [0.25, 0.3) is 0 Å². The number of nitrogens with one attached hydrogen (secondary N) is 1. The Morgan fingerprint density at radius 1 is 1.45 bits per heavy atom. The second-order valence-electron chi connectivity index (χ2n) is 7.23. The summed E-state index contributed by atoms with van der Waals surface area (Å²) in [6, 6.07) is 0.654. The Balaban J connectivity index is 1.97. The first-order valence-corrected chi connectivity index (χ1v) is 8.81. The van der Waals surface area contributed by atoms with Crippen LogP contribution >= 0.6 is 11.3 Å². The first-order chi connectivity index (χ1) is 9.47. The lowest BCUT2D eigenvalue weighted by Crippen LogP contribution is -2.50. The maximum absolute atomic E-state index is 5.04. The molecule has 0 amide bonds. The van der Waals surface area contributed by atoms with Gasteiger partial charge in [-0.05, 0) is 32.4 Å². The van der Waals surface area contributed by atoms with Crippen molar-refractivity contribution >= 4 is 11.3 Å². The Kier molecular flexibility index (Phi) is 3.68. The van der Waals surface area contributed by atoms with Crippen LogP contribution in [0.25, 0.3) is 0 Å². The van der Waals surface area contributed by atoms with Crippen molar-refractivity contribution in [2.24, 2.45) is 0 Å². The zero-order valence-electron chi connectivity index (χ0n) is 13.2. The highest BCUT2D eigenvalue weighted by molar-refractivity contribution is 7.09. The van der Waals surface area contributed by atoms with Crippen molar-refractivity contribution in [2.75, 3.05) is 19.6 Å². The minimum absolute atomic E-state index is 0.111. The number of thiazole rings is 1. The lowest BCUT2D eigenvalue weighted by molar-refractivity contribution is 0.227. The molecule has 0 radical (unpaired) electrons. The monoisotopic (exact) mass is 293 g/mol. The predicted octanol–water partition coefficient (Wildman–Crippen LogP) is 3.11. The highest BCUT2D eigenvalue weighted by Gasteiger charge is 2.51. The van der Waals surface area contributed by atoms with E-state index in [1.165, 1.54) is 43.1 Å². The number of fused-ring (bicyclic) bond motifs is 1. The molecule has 0 saturated carbocycles. The number of hydrogen-bond donors (Lipinski definition) is 1. The van der Waals surface area contributed by atoms with Gasteiger partial charge >= 0.3 is 0 Å². The SMILES string of the molecule is CCNC1(c2nc(C(C)(C)C)cs2)CCN2CCCC21. The smallest absolute Gasteiger partial charge is 0.115 e. The molecule has 1 aromatic heterocycles. The van der Waals surface area contributed by atoms with E-state index in [0.29, 0.717) is 6.04 Å². The average Bonchev–Trinajstić information content (AvgIpc) is 3.03. The Morgan fingerprint density at radius 3 is 2.90 bits per heavy atom. The van der Waals surface area contributed by atoms with Crippen LogP contribution in [0.4, 0.5) is 0 Å². The largest absolute Gasteiger partial charge is 0.304 e. The van der Waals surface area contributed by atoms with Crippen LogP contribution in [0.15, 0.2) is 5.38 Å². The Morgan fingerprint density at radius 2 is 2.25 bits per heavy atom. The van der Waals surface area contributed by atoms with Crippen molar-refractivity contribution in [3.63, 3.8) is 0 Å². The summed E-state index contributed by atoms with van der Waals surface area (Å²) in [6.07, 6.45) is 3.87. The summed E-state index contributed by atoms with van der Waals surface area (Å²) in [6.45, 7) is 12.5. The van der Waals surface area contributed by atoms with E-state index in [1.54, 1.807) is 0 Å². The summed E-state index contributed by atoms with van der Waals surface area (Å²) in [5, 5.41) is 7.40. The van der Waals surface area contributed by atoms with Gasteiger partial charge in [-0.3, -0.25) is 4.90 Å². The summed E-state index contributed by atoms with van der Waals surface area (Å²) in [4.78, 5) is 7.71. The molecule has 2 atom stereocenters. The van der Waals surface area contributed by atoms with Gasteiger partial charge in [0.1, 0.15) is 5.01 Å². The van der Waals surface area contributed by atoms with Crippen molar-refractivity contribution < 1.29 is 0 Å². The van der Waals surface area contributed by atoms with E-state index in [2.05, 4.69) is 43.3 Å². The van der Waals surface area contributed by atoms with E-state index in [-0.39, 0.29) is 11.0 Å². The van der Waals surface area contributed by atoms with E-state index in [1.807, 2.05) is 11.3 Å². The molecule has 2 fully saturated rings. The number of nitrogens with zero attached hydrogens (tertiary/aromatic N) is 2. The standard InChI is InChI=1S/C16H27N3S/c1-5-17-16(8-10-19-9-6-7-13(16)19)14-18-12(11-20-14)15(2,3)4/h11,13,17H,5-10H2,1-4H3. The van der Waals surface area contributed by atoms with E-state index < -0.39 is 0 Å². The maximum Gasteiger partial charge on any atom is 0.115 e. The zero-order valence-corrected chi connectivity index (χ0v) is 14.0. The molecule has 3 rings (SSSR count). The molecule has 4 heteroatoms. The molecule has 3 nitrogen and oxygen atoms in total. The zero-order chi connectivity index (χ0) is 14.4. The summed E-state index contributed by atoms with van der Waals surface area (Å²) < 4.78 is 0. The van der Waals surface area contributed by atoms with Gasteiger partial charge in [-0.1, -0.05) is 27.7 Å². The number of likely N-dealkylation sites (N-methyl/N-ethyl adjacent to an activating group) is 1. The third-order valence-electron chi connectivity index (χ3n) is 4.87. The molecule has 2 unspecified atom stereocenters. The minimum Gasteiger partial charge on any atom is -0.304 e. The Bertz CT molecular complexity index is 472. The molecule has 0 spiro atoms. The summed E-state index contributed by atoms with van der Waals surface area (Å²) in [5.74, 6) is 0. The molecule has 2 saturated heterocycles. The van der Waals surface area contributed by atoms with Gasteiger partial charge in [0.2, 0.25) is 0 Å².